The van der Waals surface area contributed by atoms with Crippen molar-refractivity contribution in [3.05, 3.63) is 72.0 Å². The van der Waals surface area contributed by atoms with Gasteiger partial charge >= 0.3 is 0 Å². The van der Waals surface area contributed by atoms with Crippen LogP contribution in [-0.4, -0.2) is 18.5 Å². The Morgan fingerprint density at radius 1 is 1.21 bits per heavy atom. The van der Waals surface area contributed by atoms with E-state index in [1.165, 1.54) is 6.08 Å². The zero-order valence-corrected chi connectivity index (χ0v) is 13.4. The number of allylic oxidation sites excluding steroid dienone is 4. The van der Waals surface area contributed by atoms with Gasteiger partial charge in [0, 0.05) is 28.9 Å². The number of carbonyl (C=O) groups excluding carboxylic acids is 2. The van der Waals surface area contributed by atoms with Crippen molar-refractivity contribution in [2.45, 2.75) is 6.92 Å². The van der Waals surface area contributed by atoms with E-state index in [1.807, 2.05) is 0 Å². The Bertz CT molecular complexity index is 713. The molecule has 0 unspecified atom stereocenters. The first-order valence-electron chi connectivity index (χ1n) is 7.10. The summed E-state index contributed by atoms with van der Waals surface area (Å²) in [6.45, 7) is 5.51. The van der Waals surface area contributed by atoms with Crippen LogP contribution in [0.15, 0.2) is 72.0 Å². The fourth-order valence-corrected chi connectivity index (χ4v) is 1.63. The van der Waals surface area contributed by atoms with Crippen LogP contribution in [0.3, 0.4) is 0 Å². The summed E-state index contributed by atoms with van der Waals surface area (Å²) in [5, 5.41) is 12.2. The molecule has 0 saturated carbocycles. The van der Waals surface area contributed by atoms with Gasteiger partial charge in [-0.25, -0.2) is 0 Å². The van der Waals surface area contributed by atoms with Gasteiger partial charge in [0.15, 0.2) is 0 Å². The Balaban J connectivity index is 2.64. The third-order valence-electron chi connectivity index (χ3n) is 3.02. The van der Waals surface area contributed by atoms with Gasteiger partial charge in [-0.1, -0.05) is 24.8 Å². The summed E-state index contributed by atoms with van der Waals surface area (Å²) in [7, 11) is 0. The molecule has 1 rings (SSSR count). The van der Waals surface area contributed by atoms with E-state index in [-0.39, 0.29) is 11.5 Å². The third kappa shape index (κ3) is 6.15. The molecular weight excluding hydrogens is 304 g/mol. The highest BCUT2D eigenvalue weighted by molar-refractivity contribution is 6.05. The molecule has 5 N–H and O–H groups in total. The molecule has 1 aromatic carbocycles. The van der Waals surface area contributed by atoms with Crippen molar-refractivity contribution in [1.82, 2.24) is 0 Å². The highest BCUT2D eigenvalue weighted by Gasteiger charge is 2.04. The zero-order chi connectivity index (χ0) is 17.9. The lowest BCUT2D eigenvalue weighted by atomic mass is 10.2. The summed E-state index contributed by atoms with van der Waals surface area (Å²) >= 11 is 0. The number of nitrogens with one attached hydrogen (secondary N) is 3. The van der Waals surface area contributed by atoms with Crippen LogP contribution in [0, 0.1) is 5.41 Å². The summed E-state index contributed by atoms with van der Waals surface area (Å²) in [5.41, 5.74) is 8.49. The maximum absolute atomic E-state index is 12.0. The molecule has 2 amide bonds. The summed E-state index contributed by atoms with van der Waals surface area (Å²) in [4.78, 5) is 22.3. The minimum Gasteiger partial charge on any atom is -0.398 e. The fraction of sp³-hybridized carbons (Fsp3) is 0.0556. The molecule has 0 saturated heterocycles. The molecule has 0 aliphatic carbocycles. The van der Waals surface area contributed by atoms with Crippen molar-refractivity contribution in [3.8, 4) is 0 Å². The van der Waals surface area contributed by atoms with E-state index < -0.39 is 0 Å². The lowest BCUT2D eigenvalue weighted by molar-refractivity contribution is -0.112. The number of nitrogens with two attached hydrogens (primary N) is 1. The number of carbonyl (C=O) groups is 2. The molecule has 0 bridgehead atoms. The fourth-order valence-electron chi connectivity index (χ4n) is 1.63. The highest BCUT2D eigenvalue weighted by atomic mass is 16.1. The first-order valence-corrected chi connectivity index (χ1v) is 7.10. The van der Waals surface area contributed by atoms with Gasteiger partial charge < -0.3 is 21.8 Å². The predicted molar refractivity (Wildman–Crippen MR) is 97.8 cm³/mol. The van der Waals surface area contributed by atoms with Crippen LogP contribution in [0.4, 0.5) is 11.4 Å². The minimum absolute atomic E-state index is 0.281. The summed E-state index contributed by atoms with van der Waals surface area (Å²) in [6, 6.07) is 6.70. The summed E-state index contributed by atoms with van der Waals surface area (Å²) in [5.74, 6) is -0.337. The lowest BCUT2D eigenvalue weighted by Gasteiger charge is -2.06. The van der Waals surface area contributed by atoms with Crippen LogP contribution in [0.1, 0.15) is 6.92 Å². The number of benzene rings is 1. The second-order valence-electron chi connectivity index (χ2n) is 4.82. The van der Waals surface area contributed by atoms with Crippen LogP contribution < -0.4 is 16.4 Å². The van der Waals surface area contributed by atoms with Crippen molar-refractivity contribution in [2.75, 3.05) is 10.6 Å². The monoisotopic (exact) mass is 324 g/mol. The lowest BCUT2D eigenvalue weighted by Crippen LogP contribution is -2.12. The summed E-state index contributed by atoms with van der Waals surface area (Å²) < 4.78 is 0. The Morgan fingerprint density at radius 3 is 2.42 bits per heavy atom. The van der Waals surface area contributed by atoms with Crippen LogP contribution >= 0.6 is 0 Å². The predicted octanol–water partition coefficient (Wildman–Crippen LogP) is 2.74. The first-order chi connectivity index (χ1) is 11.5. The number of anilines is 2. The molecule has 24 heavy (non-hydrogen) atoms. The molecule has 0 heterocycles. The second kappa shape index (κ2) is 9.58. The van der Waals surface area contributed by atoms with E-state index in [9.17, 15) is 9.59 Å². The quantitative estimate of drug-likeness (QED) is 0.255. The van der Waals surface area contributed by atoms with Crippen LogP contribution in [0.25, 0.3) is 0 Å². The zero-order valence-electron chi connectivity index (χ0n) is 13.4. The molecule has 0 atom stereocenters. The standard InChI is InChI=1S/C18H20N4O2/c1-13(17(20)10-11-19)4-3-5-14(2)18(24)22-16-8-6-15(7-9-16)21-12-23/h3-12,19H,2,20H2,1H3,(H,21,23)(H,22,24)/b5-3-,13-4+,17-10-,19-11?. The molecule has 0 radical (unpaired) electrons. The van der Waals surface area contributed by atoms with Gasteiger partial charge in [-0.15, -0.1) is 0 Å². The number of hydrogen-bond acceptors (Lipinski definition) is 4. The topological polar surface area (TPSA) is 108 Å². The van der Waals surface area contributed by atoms with Gasteiger partial charge in [0.2, 0.25) is 6.41 Å². The van der Waals surface area contributed by atoms with Crippen molar-refractivity contribution < 1.29 is 9.59 Å². The molecule has 124 valence electrons. The molecular formula is C18H20N4O2. The Labute approximate surface area is 141 Å². The van der Waals surface area contributed by atoms with Crippen LogP contribution in [0.5, 0.6) is 0 Å². The van der Waals surface area contributed by atoms with Gasteiger partial charge in [-0.05, 0) is 42.8 Å². The highest BCUT2D eigenvalue weighted by Crippen LogP contribution is 2.14. The average molecular weight is 324 g/mol. The SMILES string of the molecule is C=C(\C=C/C=C(C)/C(N)=C/C=N)C(=O)Nc1ccc(NC=O)cc1. The van der Waals surface area contributed by atoms with E-state index in [0.717, 1.165) is 11.8 Å². The maximum atomic E-state index is 12.0. The normalized spacial score (nSPS) is 11.9. The van der Waals surface area contributed by atoms with Gasteiger partial charge in [0.25, 0.3) is 5.91 Å². The molecule has 1 aromatic rings. The largest absolute Gasteiger partial charge is 0.398 e. The second-order valence-corrected chi connectivity index (χ2v) is 4.82. The van der Waals surface area contributed by atoms with Gasteiger partial charge in [0.05, 0.1) is 0 Å². The van der Waals surface area contributed by atoms with Gasteiger partial charge in [-0.3, -0.25) is 9.59 Å². The number of rotatable bonds is 8. The van der Waals surface area contributed by atoms with E-state index in [4.69, 9.17) is 11.1 Å². The van der Waals surface area contributed by atoms with E-state index in [2.05, 4.69) is 17.2 Å². The molecule has 0 fully saturated rings. The molecule has 0 aliphatic heterocycles. The van der Waals surface area contributed by atoms with Crippen LogP contribution in [0.2, 0.25) is 0 Å². The third-order valence-corrected chi connectivity index (χ3v) is 3.02. The molecule has 0 spiro atoms. The molecule has 6 heteroatoms. The average Bonchev–Trinajstić information content (AvgIpc) is 2.56. The van der Waals surface area contributed by atoms with Crippen molar-refractivity contribution in [2.24, 2.45) is 5.73 Å². The number of amides is 2. The van der Waals surface area contributed by atoms with Gasteiger partial charge in [-0.2, -0.15) is 0 Å². The van der Waals surface area contributed by atoms with Crippen molar-refractivity contribution in [1.29, 1.82) is 5.41 Å². The Morgan fingerprint density at radius 2 is 1.83 bits per heavy atom. The number of hydrogen-bond donors (Lipinski definition) is 4. The first kappa shape index (κ1) is 18.6. The molecule has 0 aliphatic rings. The summed E-state index contributed by atoms with van der Waals surface area (Å²) in [6.07, 6.45) is 8.13. The maximum Gasteiger partial charge on any atom is 0.255 e. The Kier molecular flexibility index (Phi) is 7.44. The van der Waals surface area contributed by atoms with Gasteiger partial charge in [0.1, 0.15) is 0 Å². The van der Waals surface area contributed by atoms with E-state index in [1.54, 1.807) is 49.4 Å². The molecule has 6 nitrogen and oxygen atoms in total. The van der Waals surface area contributed by atoms with Crippen molar-refractivity contribution >= 4 is 29.9 Å². The smallest absolute Gasteiger partial charge is 0.255 e. The van der Waals surface area contributed by atoms with E-state index >= 15 is 0 Å². The van der Waals surface area contributed by atoms with Crippen molar-refractivity contribution in [3.63, 3.8) is 0 Å². The molecule has 0 aromatic heterocycles. The van der Waals surface area contributed by atoms with Crippen LogP contribution in [-0.2, 0) is 9.59 Å². The van der Waals surface area contributed by atoms with E-state index in [0.29, 0.717) is 23.5 Å². The minimum atomic E-state index is -0.337. The Hall–Kier alpha value is -3.41.